The van der Waals surface area contributed by atoms with Crippen molar-refractivity contribution < 1.29 is 45.0 Å². The third-order valence-electron chi connectivity index (χ3n) is 7.37. The van der Waals surface area contributed by atoms with E-state index < -0.39 is 52.4 Å². The van der Waals surface area contributed by atoms with Crippen LogP contribution < -0.4 is 14.8 Å². The van der Waals surface area contributed by atoms with E-state index in [4.69, 9.17) is 10.2 Å². The van der Waals surface area contributed by atoms with Crippen molar-refractivity contribution in [1.82, 2.24) is 0 Å². The molecule has 1 aliphatic carbocycles. The number of rotatable bonds is 9. The van der Waals surface area contributed by atoms with Crippen molar-refractivity contribution in [3.63, 3.8) is 0 Å². The number of nitrogens with zero attached hydrogens (tertiary/aromatic N) is 1. The average Bonchev–Trinajstić information content (AvgIpc) is 3.54. The SMILES string of the molecule is CC1(c2cc3c(C(N)=O)c(-c4ccc(F)cc4)oc3cc2N(Cc2cc(CO)c(Br)c(OC(F)(F)F)c2)S(C)(=O)=O)CC1. The number of sulfonamides is 1. The van der Waals surface area contributed by atoms with Gasteiger partial charge in [0.05, 0.1) is 35.1 Å². The highest BCUT2D eigenvalue weighted by atomic mass is 79.9. The summed E-state index contributed by atoms with van der Waals surface area (Å²) in [6, 6.07) is 10.7. The van der Waals surface area contributed by atoms with E-state index in [1.54, 1.807) is 6.07 Å². The Morgan fingerprint density at radius 3 is 2.35 bits per heavy atom. The summed E-state index contributed by atoms with van der Waals surface area (Å²) in [6.45, 7) is 0.850. The van der Waals surface area contributed by atoms with E-state index >= 15 is 0 Å². The predicted molar refractivity (Wildman–Crippen MR) is 154 cm³/mol. The number of aliphatic hydroxyl groups is 1. The number of anilines is 1. The fraction of sp³-hybridized carbons (Fsp3) is 0.276. The number of carbonyl (C=O) groups excluding carboxylic acids is 1. The Bertz CT molecular complexity index is 1850. The van der Waals surface area contributed by atoms with Gasteiger partial charge in [-0.1, -0.05) is 13.0 Å². The number of aliphatic hydroxyl groups excluding tert-OH is 1. The fourth-order valence-electron chi connectivity index (χ4n) is 5.00. The monoisotopic (exact) mass is 684 g/mol. The summed E-state index contributed by atoms with van der Waals surface area (Å²) in [7, 11) is -4.07. The molecule has 1 amide bonds. The third kappa shape index (κ3) is 6.22. The maximum absolute atomic E-state index is 13.6. The Morgan fingerprint density at radius 2 is 1.81 bits per heavy atom. The summed E-state index contributed by atoms with van der Waals surface area (Å²) in [5, 5.41) is 10.1. The standard InChI is InChI=1S/C29H25BrF4N2O6S/c1-28(7-8-28)20-11-19-22(41-26(24(19)27(35)38)16-3-5-18(31)6-4-16)12-21(20)36(43(2,39)40)13-15-9-17(14-37)25(30)23(10-15)42-29(32,33)34/h3-6,9-12,37H,7-8,13-14H2,1-2H3,(H2,35,38). The highest BCUT2D eigenvalue weighted by Gasteiger charge is 2.43. The van der Waals surface area contributed by atoms with Crippen molar-refractivity contribution in [2.24, 2.45) is 5.73 Å². The molecule has 0 radical (unpaired) electrons. The molecule has 3 aromatic carbocycles. The smallest absolute Gasteiger partial charge is 0.455 e. The number of nitrogens with two attached hydrogens (primary N) is 1. The van der Waals surface area contributed by atoms with E-state index in [-0.39, 0.29) is 38.2 Å². The molecule has 0 unspecified atom stereocenters. The first-order valence-corrected chi connectivity index (χ1v) is 15.5. The zero-order chi connectivity index (χ0) is 31.5. The number of ether oxygens (including phenoxy) is 1. The van der Waals surface area contributed by atoms with Gasteiger partial charge >= 0.3 is 6.36 Å². The second-order valence-electron chi connectivity index (χ2n) is 10.6. The lowest BCUT2D eigenvalue weighted by molar-refractivity contribution is -0.275. The van der Waals surface area contributed by atoms with Gasteiger partial charge in [-0.15, -0.1) is 13.2 Å². The third-order valence-corrected chi connectivity index (χ3v) is 9.40. The van der Waals surface area contributed by atoms with Crippen molar-refractivity contribution in [1.29, 1.82) is 0 Å². The van der Waals surface area contributed by atoms with E-state index in [1.165, 1.54) is 36.4 Å². The zero-order valence-corrected chi connectivity index (χ0v) is 25.2. The molecule has 228 valence electrons. The van der Waals surface area contributed by atoms with Gasteiger partial charge in [0.25, 0.3) is 5.91 Å². The van der Waals surface area contributed by atoms with Crippen LogP contribution >= 0.6 is 15.9 Å². The number of alkyl halides is 3. The van der Waals surface area contributed by atoms with Gasteiger partial charge in [0.1, 0.15) is 22.9 Å². The Hall–Kier alpha value is -3.62. The number of primary amides is 1. The molecule has 1 aromatic heterocycles. The van der Waals surface area contributed by atoms with Gasteiger partial charge in [-0.25, -0.2) is 12.8 Å². The topological polar surface area (TPSA) is 123 Å². The molecule has 0 atom stereocenters. The maximum atomic E-state index is 13.6. The minimum Gasteiger partial charge on any atom is -0.455 e. The van der Waals surface area contributed by atoms with Crippen molar-refractivity contribution >= 4 is 48.5 Å². The van der Waals surface area contributed by atoms with Gasteiger partial charge in [0, 0.05) is 17.0 Å². The molecule has 5 rings (SSSR count). The second kappa shape index (κ2) is 10.8. The molecule has 8 nitrogen and oxygen atoms in total. The van der Waals surface area contributed by atoms with Gasteiger partial charge in [0.15, 0.2) is 0 Å². The molecule has 1 aliphatic rings. The summed E-state index contributed by atoms with van der Waals surface area (Å²) in [5.74, 6) is -1.88. The molecular formula is C29H25BrF4N2O6S. The number of benzene rings is 3. The van der Waals surface area contributed by atoms with Crippen LogP contribution in [0.2, 0.25) is 0 Å². The molecule has 0 spiro atoms. The Morgan fingerprint density at radius 1 is 1.16 bits per heavy atom. The summed E-state index contributed by atoms with van der Waals surface area (Å²) in [6.07, 6.45) is -2.68. The number of halogens is 5. The van der Waals surface area contributed by atoms with Gasteiger partial charge < -0.3 is 20.0 Å². The second-order valence-corrected chi connectivity index (χ2v) is 13.3. The Kier molecular flexibility index (Phi) is 7.76. The molecule has 3 N–H and O–H groups in total. The number of hydrogen-bond donors (Lipinski definition) is 2. The van der Waals surface area contributed by atoms with E-state index in [1.807, 2.05) is 6.92 Å². The summed E-state index contributed by atoms with van der Waals surface area (Å²) in [4.78, 5) is 12.6. The molecule has 1 saturated carbocycles. The van der Waals surface area contributed by atoms with Crippen molar-refractivity contribution in [2.45, 2.75) is 44.7 Å². The number of hydrogen-bond acceptors (Lipinski definition) is 6. The molecule has 1 fully saturated rings. The lowest BCUT2D eigenvalue weighted by Crippen LogP contribution is -2.31. The van der Waals surface area contributed by atoms with Crippen LogP contribution in [0.1, 0.15) is 46.8 Å². The molecule has 0 aliphatic heterocycles. The van der Waals surface area contributed by atoms with Crippen molar-refractivity contribution in [2.75, 3.05) is 10.6 Å². The van der Waals surface area contributed by atoms with Gasteiger partial charge in [-0.3, -0.25) is 9.10 Å². The van der Waals surface area contributed by atoms with Crippen LogP contribution in [0.25, 0.3) is 22.3 Å². The van der Waals surface area contributed by atoms with Crippen LogP contribution in [-0.2, 0) is 28.6 Å². The molecule has 43 heavy (non-hydrogen) atoms. The molecule has 1 heterocycles. The molecular weight excluding hydrogens is 660 g/mol. The van der Waals surface area contributed by atoms with Crippen LogP contribution in [0.5, 0.6) is 5.75 Å². The maximum Gasteiger partial charge on any atom is 0.573 e. The highest BCUT2D eigenvalue weighted by Crippen LogP contribution is 2.53. The number of furan rings is 1. The molecule has 0 bridgehead atoms. The van der Waals surface area contributed by atoms with Crippen molar-refractivity contribution in [3.8, 4) is 17.1 Å². The van der Waals surface area contributed by atoms with Gasteiger partial charge in [0.2, 0.25) is 10.0 Å². The Labute approximate surface area is 252 Å². The highest BCUT2D eigenvalue weighted by molar-refractivity contribution is 9.10. The summed E-state index contributed by atoms with van der Waals surface area (Å²) >= 11 is 3.01. The normalized spacial score (nSPS) is 14.6. The average molecular weight is 685 g/mol. The van der Waals surface area contributed by atoms with Crippen LogP contribution in [-0.4, -0.2) is 32.0 Å². The number of amides is 1. The van der Waals surface area contributed by atoms with Gasteiger partial charge in [-0.2, -0.15) is 0 Å². The first-order chi connectivity index (χ1) is 20.0. The van der Waals surface area contributed by atoms with E-state index in [2.05, 4.69) is 20.7 Å². The number of fused-ring (bicyclic) bond motifs is 1. The number of carbonyl (C=O) groups is 1. The largest absolute Gasteiger partial charge is 0.573 e. The van der Waals surface area contributed by atoms with Gasteiger partial charge in [-0.05, 0) is 87.3 Å². The van der Waals surface area contributed by atoms with E-state index in [9.17, 15) is 35.9 Å². The van der Waals surface area contributed by atoms with Crippen LogP contribution in [0.4, 0.5) is 23.2 Å². The van der Waals surface area contributed by atoms with E-state index in [0.29, 0.717) is 29.4 Å². The quantitative estimate of drug-likeness (QED) is 0.194. The predicted octanol–water partition coefficient (Wildman–Crippen LogP) is 6.51. The van der Waals surface area contributed by atoms with Crippen molar-refractivity contribution in [3.05, 3.63) is 81.1 Å². The lowest BCUT2D eigenvalue weighted by Gasteiger charge is -2.28. The summed E-state index contributed by atoms with van der Waals surface area (Å²) in [5.41, 5.74) is 6.71. The fourth-order valence-corrected chi connectivity index (χ4v) is 6.33. The molecule has 4 aromatic rings. The van der Waals surface area contributed by atoms with Crippen LogP contribution in [0.3, 0.4) is 0 Å². The molecule has 14 heteroatoms. The van der Waals surface area contributed by atoms with E-state index in [0.717, 1.165) is 16.6 Å². The minimum absolute atomic E-state index is 0.0407. The molecule has 0 saturated heterocycles. The lowest BCUT2D eigenvalue weighted by atomic mass is 9.93. The zero-order valence-electron chi connectivity index (χ0n) is 22.8. The van der Waals surface area contributed by atoms with Crippen LogP contribution in [0.15, 0.2) is 57.4 Å². The first kappa shape index (κ1) is 30.8. The Balaban J connectivity index is 1.71. The summed E-state index contributed by atoms with van der Waals surface area (Å²) < 4.78 is 90.5. The van der Waals surface area contributed by atoms with Crippen LogP contribution in [0, 0.1) is 5.82 Å². The first-order valence-electron chi connectivity index (χ1n) is 12.8. The minimum atomic E-state index is -5.04.